The molecule has 0 bridgehead atoms. The molecule has 1 amide bonds. The number of halogens is 1. The summed E-state index contributed by atoms with van der Waals surface area (Å²) in [7, 11) is 0. The van der Waals surface area contributed by atoms with E-state index < -0.39 is 0 Å². The number of hydrogen-bond donors (Lipinski definition) is 2. The summed E-state index contributed by atoms with van der Waals surface area (Å²) in [6.45, 7) is 3.14. The molecule has 2 N–H and O–H groups in total. The zero-order valence-electron chi connectivity index (χ0n) is 13.3. The van der Waals surface area contributed by atoms with Crippen LogP contribution in [0.15, 0.2) is 53.0 Å². The molecule has 0 spiro atoms. The summed E-state index contributed by atoms with van der Waals surface area (Å²) in [5.41, 5.74) is 1.73. The van der Waals surface area contributed by atoms with E-state index >= 15 is 0 Å². The molecule has 4 nitrogen and oxygen atoms in total. The maximum atomic E-state index is 12.2. The van der Waals surface area contributed by atoms with E-state index in [1.807, 2.05) is 25.1 Å². The Labute approximate surface area is 155 Å². The first-order chi connectivity index (χ1) is 11.6. The second kappa shape index (κ2) is 9.39. The van der Waals surface area contributed by atoms with Crippen molar-refractivity contribution in [3.8, 4) is 5.75 Å². The lowest BCUT2D eigenvalue weighted by Crippen LogP contribution is -2.40. The van der Waals surface area contributed by atoms with E-state index in [1.165, 1.54) is 5.56 Å². The Kier molecular flexibility index (Phi) is 7.21. The molecule has 126 valence electrons. The van der Waals surface area contributed by atoms with Crippen LogP contribution in [0.25, 0.3) is 0 Å². The molecule has 0 saturated heterocycles. The van der Waals surface area contributed by atoms with Crippen LogP contribution < -0.4 is 15.4 Å². The normalized spacial score (nSPS) is 10.1. The van der Waals surface area contributed by atoms with Crippen molar-refractivity contribution in [2.75, 3.05) is 13.2 Å². The molecular weight excluding hydrogens is 388 g/mol. The molecule has 0 aliphatic rings. The first-order valence-corrected chi connectivity index (χ1v) is 8.85. The number of ether oxygens (including phenoxy) is 1. The van der Waals surface area contributed by atoms with Crippen LogP contribution in [-0.4, -0.2) is 24.2 Å². The minimum absolute atomic E-state index is 0.254. The van der Waals surface area contributed by atoms with Gasteiger partial charge in [0, 0.05) is 12.1 Å². The number of rotatable bonds is 6. The van der Waals surface area contributed by atoms with Gasteiger partial charge < -0.3 is 10.1 Å². The van der Waals surface area contributed by atoms with Crippen LogP contribution in [0, 0.1) is 0 Å². The molecule has 2 aromatic carbocycles. The van der Waals surface area contributed by atoms with Gasteiger partial charge in [0.25, 0.3) is 5.91 Å². The van der Waals surface area contributed by atoms with Crippen molar-refractivity contribution in [2.24, 2.45) is 0 Å². The number of benzene rings is 2. The van der Waals surface area contributed by atoms with E-state index in [0.717, 1.165) is 10.9 Å². The number of carbonyl (C=O) groups is 1. The van der Waals surface area contributed by atoms with Crippen LogP contribution in [-0.2, 0) is 6.42 Å². The number of thiocarbonyl (C=S) groups is 1. The van der Waals surface area contributed by atoms with Crippen LogP contribution in [0.4, 0.5) is 0 Å². The van der Waals surface area contributed by atoms with E-state index in [0.29, 0.717) is 29.6 Å². The molecule has 0 atom stereocenters. The fourth-order valence-electron chi connectivity index (χ4n) is 2.10. The Balaban J connectivity index is 1.83. The lowest BCUT2D eigenvalue weighted by molar-refractivity contribution is 0.0976. The molecule has 0 aromatic heterocycles. The van der Waals surface area contributed by atoms with Crippen molar-refractivity contribution in [1.82, 2.24) is 10.6 Å². The summed E-state index contributed by atoms with van der Waals surface area (Å²) >= 11 is 8.56. The largest absolute Gasteiger partial charge is 0.493 e. The average Bonchev–Trinajstić information content (AvgIpc) is 2.57. The summed E-state index contributed by atoms with van der Waals surface area (Å²) < 4.78 is 6.17. The van der Waals surface area contributed by atoms with Gasteiger partial charge in [0.05, 0.1) is 11.1 Å². The third-order valence-corrected chi connectivity index (χ3v) is 4.13. The molecule has 0 unspecified atom stereocenters. The third kappa shape index (κ3) is 5.62. The number of nitrogens with one attached hydrogen (secondary N) is 2. The molecule has 6 heteroatoms. The van der Waals surface area contributed by atoms with Gasteiger partial charge in [0.15, 0.2) is 5.11 Å². The molecule has 0 saturated carbocycles. The molecule has 2 aromatic rings. The monoisotopic (exact) mass is 406 g/mol. The van der Waals surface area contributed by atoms with Crippen LogP contribution in [0.5, 0.6) is 5.75 Å². The second-order valence-corrected chi connectivity index (χ2v) is 6.29. The van der Waals surface area contributed by atoms with Crippen molar-refractivity contribution < 1.29 is 9.53 Å². The van der Waals surface area contributed by atoms with Crippen LogP contribution in [0.2, 0.25) is 0 Å². The van der Waals surface area contributed by atoms with Crippen LogP contribution in [0.3, 0.4) is 0 Å². The highest BCUT2D eigenvalue weighted by molar-refractivity contribution is 9.10. The van der Waals surface area contributed by atoms with E-state index in [4.69, 9.17) is 17.0 Å². The highest BCUT2D eigenvalue weighted by Gasteiger charge is 2.10. The van der Waals surface area contributed by atoms with Gasteiger partial charge in [-0.2, -0.15) is 0 Å². The van der Waals surface area contributed by atoms with E-state index in [1.54, 1.807) is 18.2 Å². The summed E-state index contributed by atoms with van der Waals surface area (Å²) in [6.07, 6.45) is 0.839. The molecule has 0 radical (unpaired) electrons. The van der Waals surface area contributed by atoms with Crippen LogP contribution >= 0.6 is 28.1 Å². The number of hydrogen-bond acceptors (Lipinski definition) is 3. The first kappa shape index (κ1) is 18.4. The smallest absolute Gasteiger partial charge is 0.257 e. The summed E-state index contributed by atoms with van der Waals surface area (Å²) in [5, 5.41) is 6.04. The lowest BCUT2D eigenvalue weighted by Gasteiger charge is -2.11. The quantitative estimate of drug-likeness (QED) is 0.718. The van der Waals surface area contributed by atoms with E-state index in [-0.39, 0.29) is 5.91 Å². The minimum atomic E-state index is -0.254. The van der Waals surface area contributed by atoms with Gasteiger partial charge >= 0.3 is 0 Å². The molecule has 0 fully saturated rings. The van der Waals surface area contributed by atoms with Gasteiger partial charge in [0.1, 0.15) is 5.75 Å². The SMILES string of the molecule is CCOc1ccc(C(=O)NC(=S)NCCc2ccccc2)cc1Br. The Hall–Kier alpha value is -1.92. The third-order valence-electron chi connectivity index (χ3n) is 3.26. The highest BCUT2D eigenvalue weighted by atomic mass is 79.9. The zero-order valence-corrected chi connectivity index (χ0v) is 15.7. The summed E-state index contributed by atoms with van der Waals surface area (Å²) in [6, 6.07) is 15.3. The molecule has 0 heterocycles. The van der Waals surface area contributed by atoms with Crippen molar-refractivity contribution in [1.29, 1.82) is 0 Å². The molecule has 0 aliphatic heterocycles. The second-order valence-electron chi connectivity index (χ2n) is 5.02. The predicted octanol–water partition coefficient (Wildman–Crippen LogP) is 3.69. The lowest BCUT2D eigenvalue weighted by atomic mass is 10.1. The van der Waals surface area contributed by atoms with Crippen LogP contribution in [0.1, 0.15) is 22.8 Å². The maximum absolute atomic E-state index is 12.2. The van der Waals surface area contributed by atoms with E-state index in [2.05, 4.69) is 38.7 Å². The Morgan fingerprint density at radius 1 is 1.21 bits per heavy atom. The maximum Gasteiger partial charge on any atom is 0.257 e. The van der Waals surface area contributed by atoms with Gasteiger partial charge in [-0.25, -0.2) is 0 Å². The van der Waals surface area contributed by atoms with Gasteiger partial charge in [-0.15, -0.1) is 0 Å². The van der Waals surface area contributed by atoms with E-state index in [9.17, 15) is 4.79 Å². The van der Waals surface area contributed by atoms with Gasteiger partial charge in [-0.05, 0) is 65.3 Å². The van der Waals surface area contributed by atoms with Crippen molar-refractivity contribution >= 4 is 39.2 Å². The fraction of sp³-hybridized carbons (Fsp3) is 0.222. The first-order valence-electron chi connectivity index (χ1n) is 7.65. The Bertz CT molecular complexity index is 707. The van der Waals surface area contributed by atoms with Crippen molar-refractivity contribution in [2.45, 2.75) is 13.3 Å². The van der Waals surface area contributed by atoms with Crippen molar-refractivity contribution in [3.05, 3.63) is 64.1 Å². The molecule has 24 heavy (non-hydrogen) atoms. The Morgan fingerprint density at radius 2 is 1.96 bits per heavy atom. The van der Waals surface area contributed by atoms with Crippen molar-refractivity contribution in [3.63, 3.8) is 0 Å². The standard InChI is InChI=1S/C18H19BrN2O2S/c1-2-23-16-9-8-14(12-15(16)19)17(22)21-18(24)20-11-10-13-6-4-3-5-7-13/h3-9,12H,2,10-11H2,1H3,(H2,20,21,22,24). The summed E-state index contributed by atoms with van der Waals surface area (Å²) in [4.78, 5) is 12.2. The Morgan fingerprint density at radius 3 is 2.62 bits per heavy atom. The topological polar surface area (TPSA) is 50.4 Å². The van der Waals surface area contributed by atoms with Gasteiger partial charge in [0.2, 0.25) is 0 Å². The molecular formula is C18H19BrN2O2S. The molecule has 2 rings (SSSR count). The highest BCUT2D eigenvalue weighted by Crippen LogP contribution is 2.25. The van der Waals surface area contributed by atoms with Gasteiger partial charge in [-0.3, -0.25) is 10.1 Å². The number of amides is 1. The zero-order chi connectivity index (χ0) is 17.4. The fourth-order valence-corrected chi connectivity index (χ4v) is 2.79. The summed E-state index contributed by atoms with van der Waals surface area (Å²) in [5.74, 6) is 0.452. The number of carbonyl (C=O) groups excluding carboxylic acids is 1. The molecule has 0 aliphatic carbocycles. The minimum Gasteiger partial charge on any atom is -0.493 e. The predicted molar refractivity (Wildman–Crippen MR) is 104 cm³/mol. The average molecular weight is 407 g/mol. The van der Waals surface area contributed by atoms with Gasteiger partial charge in [-0.1, -0.05) is 30.3 Å².